The van der Waals surface area contributed by atoms with Crippen molar-refractivity contribution in [3.05, 3.63) is 59.9 Å². The lowest BCUT2D eigenvalue weighted by atomic mass is 10.2. The fourth-order valence-electron chi connectivity index (χ4n) is 2.18. The van der Waals surface area contributed by atoms with Crippen LogP contribution in [-0.4, -0.2) is 14.5 Å². The third-order valence-corrected chi connectivity index (χ3v) is 5.17. The van der Waals surface area contributed by atoms with E-state index in [9.17, 15) is 12.8 Å². The van der Waals surface area contributed by atoms with E-state index < -0.39 is 15.8 Å². The van der Waals surface area contributed by atoms with E-state index in [-0.39, 0.29) is 10.9 Å². The normalized spacial score (nSPS) is 11.7. The van der Waals surface area contributed by atoms with Gasteiger partial charge in [0.05, 0.1) is 10.6 Å². The van der Waals surface area contributed by atoms with E-state index in [1.807, 2.05) is 6.07 Å². The molecule has 0 atom stereocenters. The molecule has 0 N–H and O–H groups in total. The van der Waals surface area contributed by atoms with Crippen molar-refractivity contribution in [3.8, 4) is 0 Å². The Morgan fingerprint density at radius 3 is 2.19 bits per heavy atom. The quantitative estimate of drug-likeness (QED) is 0.863. The molecule has 0 spiro atoms. The highest BCUT2D eigenvalue weighted by Crippen LogP contribution is 2.26. The first-order valence-corrected chi connectivity index (χ1v) is 8.13. The second-order valence-electron chi connectivity index (χ2n) is 5.14. The van der Waals surface area contributed by atoms with Crippen LogP contribution in [0.15, 0.2) is 53.4 Å². The van der Waals surface area contributed by atoms with Crippen LogP contribution in [0, 0.1) is 12.7 Å². The molecule has 2 aromatic rings. The van der Waals surface area contributed by atoms with Gasteiger partial charge >= 0.3 is 0 Å². The second kappa shape index (κ2) is 5.85. The summed E-state index contributed by atoms with van der Waals surface area (Å²) in [5.41, 5.74) is 0.905. The van der Waals surface area contributed by atoms with Crippen LogP contribution >= 0.6 is 0 Å². The second-order valence-corrected chi connectivity index (χ2v) is 6.96. The summed E-state index contributed by atoms with van der Waals surface area (Å²) in [4.78, 5) is 0.0963. The zero-order valence-corrected chi connectivity index (χ0v) is 13.1. The van der Waals surface area contributed by atoms with Gasteiger partial charge in [0.1, 0.15) is 5.82 Å². The number of hydrogen-bond acceptors (Lipinski definition) is 2. The van der Waals surface area contributed by atoms with E-state index in [1.54, 1.807) is 45.0 Å². The average Bonchev–Trinajstić information content (AvgIpc) is 2.42. The monoisotopic (exact) mass is 307 g/mol. The Kier molecular flexibility index (Phi) is 4.32. The standard InChI is InChI=1S/C16H18FNO2S/c1-12(2)18(14-7-5-4-6-8-14)21(19,20)15-9-10-16(17)13(3)11-15/h4-12H,1-3H3. The number of rotatable bonds is 4. The molecule has 21 heavy (non-hydrogen) atoms. The molecule has 2 rings (SSSR count). The lowest BCUT2D eigenvalue weighted by Crippen LogP contribution is -2.37. The zero-order valence-electron chi connectivity index (χ0n) is 12.2. The molecule has 0 heterocycles. The molecule has 2 aromatic carbocycles. The summed E-state index contributed by atoms with van der Waals surface area (Å²) >= 11 is 0. The van der Waals surface area contributed by atoms with Crippen LogP contribution in [0.25, 0.3) is 0 Å². The highest BCUT2D eigenvalue weighted by molar-refractivity contribution is 7.92. The molecule has 0 aliphatic heterocycles. The average molecular weight is 307 g/mol. The van der Waals surface area contributed by atoms with Gasteiger partial charge < -0.3 is 0 Å². The Morgan fingerprint density at radius 1 is 1.05 bits per heavy atom. The van der Waals surface area contributed by atoms with Gasteiger partial charge in [-0.1, -0.05) is 18.2 Å². The number of aryl methyl sites for hydroxylation is 1. The molecule has 0 aliphatic rings. The fraction of sp³-hybridized carbons (Fsp3) is 0.250. The van der Waals surface area contributed by atoms with Crippen LogP contribution in [0.4, 0.5) is 10.1 Å². The number of nitrogens with zero attached hydrogens (tertiary/aromatic N) is 1. The van der Waals surface area contributed by atoms with Crippen LogP contribution in [0.5, 0.6) is 0 Å². The van der Waals surface area contributed by atoms with Crippen LogP contribution in [-0.2, 0) is 10.0 Å². The summed E-state index contributed by atoms with van der Waals surface area (Å²) < 4.78 is 40.4. The minimum absolute atomic E-state index is 0.0963. The summed E-state index contributed by atoms with van der Waals surface area (Å²) in [6.07, 6.45) is 0. The van der Waals surface area contributed by atoms with Crippen LogP contribution in [0.3, 0.4) is 0 Å². The fourth-order valence-corrected chi connectivity index (χ4v) is 3.93. The molecule has 0 fully saturated rings. The number of benzene rings is 2. The Balaban J connectivity index is 2.56. The van der Waals surface area contributed by atoms with Gasteiger partial charge in [0.25, 0.3) is 10.0 Å². The summed E-state index contributed by atoms with van der Waals surface area (Å²) in [6.45, 7) is 5.17. The van der Waals surface area contributed by atoms with Crippen molar-refractivity contribution in [3.63, 3.8) is 0 Å². The van der Waals surface area contributed by atoms with Crippen LogP contribution in [0.2, 0.25) is 0 Å². The molecule has 0 aliphatic carbocycles. The molecule has 0 radical (unpaired) electrons. The molecule has 3 nitrogen and oxygen atoms in total. The van der Waals surface area contributed by atoms with E-state index in [1.165, 1.54) is 22.5 Å². The van der Waals surface area contributed by atoms with Crippen LogP contribution in [0.1, 0.15) is 19.4 Å². The van der Waals surface area contributed by atoms with Gasteiger partial charge in [0, 0.05) is 6.04 Å². The number of halogens is 1. The van der Waals surface area contributed by atoms with Crippen LogP contribution < -0.4 is 4.31 Å². The zero-order chi connectivity index (χ0) is 15.6. The number of sulfonamides is 1. The first kappa shape index (κ1) is 15.5. The number of para-hydroxylation sites is 1. The maximum Gasteiger partial charge on any atom is 0.264 e. The molecular formula is C16H18FNO2S. The minimum atomic E-state index is -3.73. The topological polar surface area (TPSA) is 37.4 Å². The summed E-state index contributed by atoms with van der Waals surface area (Å²) in [6, 6.07) is 12.5. The van der Waals surface area contributed by atoms with Gasteiger partial charge in [0.15, 0.2) is 0 Å². The maximum absolute atomic E-state index is 13.4. The molecule has 0 aromatic heterocycles. The Morgan fingerprint density at radius 2 is 1.67 bits per heavy atom. The van der Waals surface area contributed by atoms with E-state index in [2.05, 4.69) is 0 Å². The smallest absolute Gasteiger partial charge is 0.264 e. The molecule has 112 valence electrons. The van der Waals surface area contributed by atoms with E-state index in [4.69, 9.17) is 0 Å². The van der Waals surface area contributed by atoms with Gasteiger partial charge in [-0.05, 0) is 56.7 Å². The van der Waals surface area contributed by atoms with Crippen molar-refractivity contribution in [2.75, 3.05) is 4.31 Å². The molecule has 0 saturated heterocycles. The predicted octanol–water partition coefficient (Wildman–Crippen LogP) is 3.74. The number of anilines is 1. The van der Waals surface area contributed by atoms with Gasteiger partial charge in [0.2, 0.25) is 0 Å². The van der Waals surface area contributed by atoms with Crippen molar-refractivity contribution in [1.82, 2.24) is 0 Å². The number of hydrogen-bond donors (Lipinski definition) is 0. The molecular weight excluding hydrogens is 289 g/mol. The van der Waals surface area contributed by atoms with Crippen molar-refractivity contribution in [2.45, 2.75) is 31.7 Å². The Labute approximate surface area is 125 Å². The SMILES string of the molecule is Cc1cc(S(=O)(=O)N(c2ccccc2)C(C)C)ccc1F. The van der Waals surface area contributed by atoms with Gasteiger partial charge in [-0.25, -0.2) is 12.8 Å². The first-order valence-electron chi connectivity index (χ1n) is 6.69. The minimum Gasteiger partial charge on any atom is -0.264 e. The molecule has 0 amide bonds. The van der Waals surface area contributed by atoms with Gasteiger partial charge in [-0.15, -0.1) is 0 Å². The third-order valence-electron chi connectivity index (χ3n) is 3.17. The summed E-state index contributed by atoms with van der Waals surface area (Å²) in [5, 5.41) is 0. The Hall–Kier alpha value is -1.88. The lowest BCUT2D eigenvalue weighted by molar-refractivity contribution is 0.582. The van der Waals surface area contributed by atoms with Gasteiger partial charge in [-0.3, -0.25) is 4.31 Å². The Bertz CT molecular complexity index is 727. The van der Waals surface area contributed by atoms with Gasteiger partial charge in [-0.2, -0.15) is 0 Å². The predicted molar refractivity (Wildman–Crippen MR) is 82.4 cm³/mol. The van der Waals surface area contributed by atoms with Crippen molar-refractivity contribution in [1.29, 1.82) is 0 Å². The van der Waals surface area contributed by atoms with E-state index >= 15 is 0 Å². The van der Waals surface area contributed by atoms with E-state index in [0.717, 1.165) is 0 Å². The lowest BCUT2D eigenvalue weighted by Gasteiger charge is -2.28. The summed E-state index contributed by atoms with van der Waals surface area (Å²) in [7, 11) is -3.73. The highest BCUT2D eigenvalue weighted by atomic mass is 32.2. The van der Waals surface area contributed by atoms with Crippen molar-refractivity contribution in [2.24, 2.45) is 0 Å². The molecule has 0 unspecified atom stereocenters. The third kappa shape index (κ3) is 3.08. The van der Waals surface area contributed by atoms with Crippen molar-refractivity contribution < 1.29 is 12.8 Å². The maximum atomic E-state index is 13.4. The van der Waals surface area contributed by atoms with Crippen molar-refractivity contribution >= 4 is 15.7 Å². The van der Waals surface area contributed by atoms with E-state index in [0.29, 0.717) is 11.3 Å². The first-order chi connectivity index (χ1) is 9.84. The molecule has 0 bridgehead atoms. The molecule has 5 heteroatoms. The summed E-state index contributed by atoms with van der Waals surface area (Å²) in [5.74, 6) is -0.412. The largest absolute Gasteiger partial charge is 0.264 e. The molecule has 0 saturated carbocycles. The highest BCUT2D eigenvalue weighted by Gasteiger charge is 2.27.